The summed E-state index contributed by atoms with van der Waals surface area (Å²) < 4.78 is 29.7. The van der Waals surface area contributed by atoms with Gasteiger partial charge in [-0.15, -0.1) is 0 Å². The fraction of sp³-hybridized carbons (Fsp3) is 0.296. The highest BCUT2D eigenvalue weighted by molar-refractivity contribution is 9.10. The van der Waals surface area contributed by atoms with Gasteiger partial charge in [-0.2, -0.15) is 0 Å². The van der Waals surface area contributed by atoms with Crippen LogP contribution < -0.4 is 4.90 Å². The highest BCUT2D eigenvalue weighted by Crippen LogP contribution is 2.30. The molecule has 8 heteroatoms. The minimum atomic E-state index is -3.72. The summed E-state index contributed by atoms with van der Waals surface area (Å²) in [5.41, 5.74) is 2.83. The van der Waals surface area contributed by atoms with Gasteiger partial charge in [0.05, 0.1) is 10.4 Å². The molecule has 35 heavy (non-hydrogen) atoms. The Morgan fingerprint density at radius 1 is 0.971 bits per heavy atom. The van der Waals surface area contributed by atoms with Gasteiger partial charge in [-0.3, -0.25) is 4.90 Å². The van der Waals surface area contributed by atoms with Crippen molar-refractivity contribution in [3.63, 3.8) is 0 Å². The van der Waals surface area contributed by atoms with E-state index in [2.05, 4.69) is 44.6 Å². The molecule has 4 aromatic rings. The van der Waals surface area contributed by atoms with Crippen molar-refractivity contribution < 1.29 is 8.42 Å². The summed E-state index contributed by atoms with van der Waals surface area (Å²) in [6.45, 7) is 8.45. The maximum Gasteiger partial charge on any atom is 0.268 e. The van der Waals surface area contributed by atoms with Crippen molar-refractivity contribution in [1.82, 2.24) is 13.9 Å². The second-order valence-corrected chi connectivity index (χ2v) is 12.0. The van der Waals surface area contributed by atoms with Crippen LogP contribution in [0.3, 0.4) is 0 Å². The molecule has 0 aliphatic carbocycles. The molecule has 1 aliphatic rings. The largest absolute Gasteiger partial charge is 0.354 e. The van der Waals surface area contributed by atoms with E-state index in [1.165, 1.54) is 3.97 Å². The Kier molecular flexibility index (Phi) is 6.70. The Labute approximate surface area is 215 Å². The Morgan fingerprint density at radius 3 is 2.37 bits per heavy atom. The van der Waals surface area contributed by atoms with E-state index in [9.17, 15) is 8.42 Å². The zero-order valence-corrected chi connectivity index (χ0v) is 22.3. The van der Waals surface area contributed by atoms with Gasteiger partial charge in [-0.1, -0.05) is 48.0 Å². The van der Waals surface area contributed by atoms with Crippen molar-refractivity contribution in [1.29, 1.82) is 0 Å². The Bertz CT molecular complexity index is 1430. The first-order chi connectivity index (χ1) is 16.8. The van der Waals surface area contributed by atoms with Gasteiger partial charge in [0.2, 0.25) is 0 Å². The first-order valence-electron chi connectivity index (χ1n) is 11.9. The lowest BCUT2D eigenvalue weighted by Gasteiger charge is -2.35. The van der Waals surface area contributed by atoms with E-state index in [0.29, 0.717) is 22.9 Å². The van der Waals surface area contributed by atoms with Gasteiger partial charge < -0.3 is 4.90 Å². The topological polar surface area (TPSA) is 58.4 Å². The number of pyridine rings is 1. The van der Waals surface area contributed by atoms with Crippen molar-refractivity contribution in [3.8, 4) is 0 Å². The number of nitrogens with zero attached hydrogens (tertiary/aromatic N) is 4. The second-order valence-electron chi connectivity index (χ2n) is 9.29. The number of benzene rings is 2. The first-order valence-corrected chi connectivity index (χ1v) is 14.1. The number of rotatable bonds is 6. The number of piperazine rings is 1. The molecule has 0 amide bonds. The van der Waals surface area contributed by atoms with Crippen LogP contribution in [0, 0.1) is 0 Å². The van der Waals surface area contributed by atoms with Gasteiger partial charge in [0.1, 0.15) is 5.82 Å². The molecule has 1 fully saturated rings. The molecule has 0 radical (unpaired) electrons. The van der Waals surface area contributed by atoms with Crippen LogP contribution in [-0.4, -0.2) is 48.5 Å². The molecule has 3 heterocycles. The molecule has 0 N–H and O–H groups in total. The van der Waals surface area contributed by atoms with Crippen LogP contribution in [0.15, 0.2) is 82.4 Å². The van der Waals surface area contributed by atoms with Crippen LogP contribution in [0.1, 0.15) is 30.9 Å². The summed E-state index contributed by atoms with van der Waals surface area (Å²) in [6.07, 6.45) is 3.62. The van der Waals surface area contributed by atoms with E-state index in [4.69, 9.17) is 0 Å². The Hall–Kier alpha value is -2.68. The van der Waals surface area contributed by atoms with E-state index >= 15 is 0 Å². The number of halogens is 1. The fourth-order valence-electron chi connectivity index (χ4n) is 4.62. The molecule has 1 aliphatic heterocycles. The number of aromatic nitrogens is 2. The van der Waals surface area contributed by atoms with Crippen LogP contribution >= 0.6 is 15.9 Å². The lowest BCUT2D eigenvalue weighted by atomic mass is 10.0. The summed E-state index contributed by atoms with van der Waals surface area (Å²) >= 11 is 3.57. The molecule has 182 valence electrons. The maximum absolute atomic E-state index is 13.6. The van der Waals surface area contributed by atoms with Crippen LogP contribution in [0.5, 0.6) is 0 Å². The van der Waals surface area contributed by atoms with Gasteiger partial charge in [0.25, 0.3) is 10.0 Å². The summed E-state index contributed by atoms with van der Waals surface area (Å²) in [7, 11) is -3.72. The minimum Gasteiger partial charge on any atom is -0.354 e. The number of fused-ring (bicyclic) bond motifs is 1. The zero-order valence-electron chi connectivity index (χ0n) is 19.9. The van der Waals surface area contributed by atoms with Crippen molar-refractivity contribution in [2.75, 3.05) is 31.1 Å². The molecule has 1 saturated heterocycles. The van der Waals surface area contributed by atoms with Crippen LogP contribution in [0.2, 0.25) is 0 Å². The Balaban J connectivity index is 1.43. The van der Waals surface area contributed by atoms with Crippen LogP contribution in [0.4, 0.5) is 5.82 Å². The number of hydrogen-bond donors (Lipinski definition) is 0. The third kappa shape index (κ3) is 4.87. The van der Waals surface area contributed by atoms with Crippen molar-refractivity contribution in [3.05, 3.63) is 88.7 Å². The molecule has 2 aromatic heterocycles. The lowest BCUT2D eigenvalue weighted by Crippen LogP contribution is -2.46. The van der Waals surface area contributed by atoms with Crippen molar-refractivity contribution >= 4 is 42.7 Å². The number of anilines is 1. The van der Waals surface area contributed by atoms with E-state index in [1.807, 2.05) is 54.7 Å². The molecule has 0 spiro atoms. The molecule has 6 nitrogen and oxygen atoms in total. The third-order valence-electron chi connectivity index (χ3n) is 6.66. The maximum atomic E-state index is 13.6. The average Bonchev–Trinajstić information content (AvgIpc) is 3.23. The van der Waals surface area contributed by atoms with Gasteiger partial charge in [0.15, 0.2) is 0 Å². The van der Waals surface area contributed by atoms with Crippen molar-refractivity contribution in [2.45, 2.75) is 31.2 Å². The molecular formula is C27H29BrN4O2S. The monoisotopic (exact) mass is 552 g/mol. The van der Waals surface area contributed by atoms with Gasteiger partial charge >= 0.3 is 0 Å². The summed E-state index contributed by atoms with van der Waals surface area (Å²) in [4.78, 5) is 9.44. The highest BCUT2D eigenvalue weighted by Gasteiger charge is 2.24. The van der Waals surface area contributed by atoms with E-state index < -0.39 is 10.0 Å². The van der Waals surface area contributed by atoms with E-state index in [1.54, 1.807) is 18.3 Å². The predicted molar refractivity (Wildman–Crippen MR) is 144 cm³/mol. The lowest BCUT2D eigenvalue weighted by molar-refractivity contribution is 0.250. The van der Waals surface area contributed by atoms with Gasteiger partial charge in [-0.05, 0) is 59.5 Å². The molecule has 2 aromatic carbocycles. The minimum absolute atomic E-state index is 0.303. The molecular weight excluding hydrogens is 524 g/mol. The molecule has 0 bridgehead atoms. The summed E-state index contributed by atoms with van der Waals surface area (Å²) in [5.74, 6) is 1.35. The fourth-order valence-corrected chi connectivity index (χ4v) is 6.37. The van der Waals surface area contributed by atoms with Crippen LogP contribution in [0.25, 0.3) is 10.9 Å². The van der Waals surface area contributed by atoms with Gasteiger partial charge in [0, 0.05) is 55.0 Å². The summed E-state index contributed by atoms with van der Waals surface area (Å²) in [5, 5.41) is 0.953. The zero-order chi connectivity index (χ0) is 24.6. The second kappa shape index (κ2) is 9.76. The third-order valence-corrected chi connectivity index (χ3v) is 8.84. The standard InChI is InChI=1S/C27H29BrN4O2S/c1-20(2)21-6-9-24(10-7-21)35(33,34)32-19-22(25-17-23(28)8-11-26(25)32)18-30-13-15-31(16-14-30)27-5-3-4-12-29-27/h3-12,17,19-20H,13-16,18H2,1-2H3. The Morgan fingerprint density at radius 2 is 1.71 bits per heavy atom. The normalized spacial score (nSPS) is 15.3. The molecule has 0 atom stereocenters. The molecule has 5 rings (SSSR count). The van der Waals surface area contributed by atoms with E-state index in [-0.39, 0.29) is 0 Å². The SMILES string of the molecule is CC(C)c1ccc(S(=O)(=O)n2cc(CN3CCN(c4ccccn4)CC3)c3cc(Br)ccc32)cc1. The van der Waals surface area contributed by atoms with E-state index in [0.717, 1.165) is 53.0 Å². The molecule has 0 unspecified atom stereocenters. The first kappa shape index (κ1) is 24.0. The van der Waals surface area contributed by atoms with Crippen molar-refractivity contribution in [2.24, 2.45) is 0 Å². The van der Waals surface area contributed by atoms with Crippen LogP contribution in [-0.2, 0) is 16.6 Å². The predicted octanol–water partition coefficient (Wildman–Crippen LogP) is 5.48. The average molecular weight is 554 g/mol. The highest BCUT2D eigenvalue weighted by atomic mass is 79.9. The van der Waals surface area contributed by atoms with Gasteiger partial charge in [-0.25, -0.2) is 17.4 Å². The summed E-state index contributed by atoms with van der Waals surface area (Å²) in [6, 6.07) is 19.0. The smallest absolute Gasteiger partial charge is 0.268 e. The number of hydrogen-bond acceptors (Lipinski definition) is 5. The molecule has 0 saturated carbocycles. The quantitative estimate of drug-likeness (QED) is 0.317.